The molecule has 0 unspecified atom stereocenters. The van der Waals surface area contributed by atoms with Gasteiger partial charge in [0.25, 0.3) is 0 Å². The molecule has 0 bridgehead atoms. The van der Waals surface area contributed by atoms with Crippen molar-refractivity contribution in [2.45, 2.75) is 69.9 Å². The molecule has 6 N–H and O–H groups in total. The third-order valence-corrected chi connectivity index (χ3v) is 4.80. The molecule has 100 valence electrons. The van der Waals surface area contributed by atoms with Gasteiger partial charge in [0, 0.05) is 12.1 Å². The Hall–Kier alpha value is -0.160. The summed E-state index contributed by atoms with van der Waals surface area (Å²) in [7, 11) is 0. The van der Waals surface area contributed by atoms with E-state index in [0.717, 1.165) is 11.8 Å². The molecular formula is C13H28N4. The Morgan fingerprint density at radius 2 is 1.24 bits per heavy atom. The van der Waals surface area contributed by atoms with E-state index >= 15 is 0 Å². The van der Waals surface area contributed by atoms with E-state index in [4.69, 9.17) is 17.4 Å². The number of hydrazine groups is 2. The van der Waals surface area contributed by atoms with Crippen LogP contribution in [0.1, 0.15) is 57.8 Å². The van der Waals surface area contributed by atoms with Gasteiger partial charge >= 0.3 is 0 Å². The fourth-order valence-electron chi connectivity index (χ4n) is 3.57. The van der Waals surface area contributed by atoms with Crippen molar-refractivity contribution in [1.82, 2.24) is 5.12 Å². The van der Waals surface area contributed by atoms with Crippen LogP contribution in [0.4, 0.5) is 0 Å². The smallest absolute Gasteiger partial charge is 0.0395 e. The molecule has 0 atom stereocenters. The summed E-state index contributed by atoms with van der Waals surface area (Å²) in [5.74, 6) is 13.1. The lowest BCUT2D eigenvalue weighted by atomic mass is 9.76. The first-order valence-electron chi connectivity index (χ1n) is 7.19. The molecular weight excluding hydrogens is 212 g/mol. The zero-order chi connectivity index (χ0) is 12.3. The van der Waals surface area contributed by atoms with Gasteiger partial charge in [-0.15, -0.1) is 0 Å². The van der Waals surface area contributed by atoms with Crippen molar-refractivity contribution >= 4 is 0 Å². The monoisotopic (exact) mass is 240 g/mol. The normalized spacial score (nSPS) is 39.5. The fraction of sp³-hybridized carbons (Fsp3) is 1.00. The average Bonchev–Trinajstić information content (AvgIpc) is 2.33. The second-order valence-electron chi connectivity index (χ2n) is 6.14. The van der Waals surface area contributed by atoms with Crippen LogP contribution in [0.25, 0.3) is 0 Å². The number of hydrogen-bond acceptors (Lipinski definition) is 4. The van der Waals surface area contributed by atoms with Crippen molar-refractivity contribution in [1.29, 1.82) is 0 Å². The maximum Gasteiger partial charge on any atom is 0.0395 e. The van der Waals surface area contributed by atoms with Gasteiger partial charge in [-0.1, -0.05) is 0 Å². The lowest BCUT2D eigenvalue weighted by Crippen LogP contribution is -2.48. The lowest BCUT2D eigenvalue weighted by molar-refractivity contribution is 0.126. The molecule has 0 aromatic rings. The van der Waals surface area contributed by atoms with Gasteiger partial charge in [0.2, 0.25) is 0 Å². The van der Waals surface area contributed by atoms with Crippen LogP contribution in [-0.4, -0.2) is 17.2 Å². The fourth-order valence-corrected chi connectivity index (χ4v) is 3.57. The highest BCUT2D eigenvalue weighted by Gasteiger charge is 2.27. The summed E-state index contributed by atoms with van der Waals surface area (Å²) in [6.45, 7) is 0. The van der Waals surface area contributed by atoms with Crippen molar-refractivity contribution in [2.75, 3.05) is 0 Å². The Bertz CT molecular complexity index is 215. The van der Waals surface area contributed by atoms with E-state index in [0.29, 0.717) is 12.1 Å². The van der Waals surface area contributed by atoms with Gasteiger partial charge < -0.3 is 5.73 Å². The Balaban J connectivity index is 1.67. The van der Waals surface area contributed by atoms with Gasteiger partial charge in [-0.05, 0) is 69.6 Å². The zero-order valence-corrected chi connectivity index (χ0v) is 10.9. The summed E-state index contributed by atoms with van der Waals surface area (Å²) < 4.78 is 0. The van der Waals surface area contributed by atoms with E-state index < -0.39 is 0 Å². The van der Waals surface area contributed by atoms with E-state index in [1.54, 1.807) is 0 Å². The predicted molar refractivity (Wildman–Crippen MR) is 70.5 cm³/mol. The first-order valence-corrected chi connectivity index (χ1v) is 7.19. The SMILES string of the molecule is NC1CCC(CC2CCC(N(N)N)CC2)CC1. The standard InChI is InChI=1S/C13H28N4/c14-12-5-1-10(2-6-12)9-11-3-7-13(8-4-11)17(15)16/h10-13H,1-9,14-16H2. The average molecular weight is 240 g/mol. The Kier molecular flexibility index (Phi) is 4.79. The van der Waals surface area contributed by atoms with Crippen molar-refractivity contribution in [3.8, 4) is 0 Å². The zero-order valence-electron chi connectivity index (χ0n) is 10.9. The predicted octanol–water partition coefficient (Wildman–Crippen LogP) is 1.50. The molecule has 2 fully saturated rings. The number of hydrogen-bond donors (Lipinski definition) is 3. The van der Waals surface area contributed by atoms with Crippen molar-refractivity contribution in [3.05, 3.63) is 0 Å². The molecule has 4 heteroatoms. The summed E-state index contributed by atoms with van der Waals surface area (Å²) in [4.78, 5) is 0. The van der Waals surface area contributed by atoms with Crippen molar-refractivity contribution in [2.24, 2.45) is 29.3 Å². The van der Waals surface area contributed by atoms with Gasteiger partial charge in [0.05, 0.1) is 0 Å². The minimum absolute atomic E-state index is 0.408. The van der Waals surface area contributed by atoms with Crippen LogP contribution < -0.4 is 17.4 Å². The molecule has 2 aliphatic rings. The summed E-state index contributed by atoms with van der Waals surface area (Å²) in [6, 6.07) is 0.885. The van der Waals surface area contributed by atoms with Gasteiger partial charge in [-0.3, -0.25) is 11.7 Å². The largest absolute Gasteiger partial charge is 0.328 e. The van der Waals surface area contributed by atoms with Crippen LogP contribution in [0.15, 0.2) is 0 Å². The minimum atomic E-state index is 0.408. The maximum atomic E-state index is 5.95. The highest BCUT2D eigenvalue weighted by Crippen LogP contribution is 2.35. The van der Waals surface area contributed by atoms with Crippen LogP contribution in [0.5, 0.6) is 0 Å². The molecule has 0 radical (unpaired) electrons. The number of nitrogens with zero attached hydrogens (tertiary/aromatic N) is 1. The van der Waals surface area contributed by atoms with E-state index in [-0.39, 0.29) is 0 Å². The maximum absolute atomic E-state index is 5.95. The Morgan fingerprint density at radius 3 is 1.71 bits per heavy atom. The third-order valence-electron chi connectivity index (χ3n) is 4.80. The minimum Gasteiger partial charge on any atom is -0.328 e. The Labute approximate surface area is 105 Å². The van der Waals surface area contributed by atoms with E-state index in [1.807, 2.05) is 0 Å². The van der Waals surface area contributed by atoms with Gasteiger partial charge in [-0.25, -0.2) is 0 Å². The molecule has 0 amide bonds. The molecule has 4 nitrogen and oxygen atoms in total. The quantitative estimate of drug-likeness (QED) is 0.516. The lowest BCUT2D eigenvalue weighted by Gasteiger charge is -2.35. The summed E-state index contributed by atoms with van der Waals surface area (Å²) in [6.07, 6.45) is 11.5. The van der Waals surface area contributed by atoms with E-state index in [1.165, 1.54) is 62.9 Å². The highest BCUT2D eigenvalue weighted by molar-refractivity contribution is 4.80. The third kappa shape index (κ3) is 3.91. The Morgan fingerprint density at radius 1 is 0.765 bits per heavy atom. The highest BCUT2D eigenvalue weighted by atomic mass is 15.6. The second kappa shape index (κ2) is 6.14. The molecule has 0 heterocycles. The molecule has 2 saturated carbocycles. The van der Waals surface area contributed by atoms with Crippen LogP contribution in [-0.2, 0) is 0 Å². The molecule has 2 aliphatic carbocycles. The molecule has 0 aromatic carbocycles. The van der Waals surface area contributed by atoms with E-state index in [9.17, 15) is 0 Å². The number of nitrogens with two attached hydrogens (primary N) is 3. The van der Waals surface area contributed by atoms with Gasteiger partial charge in [-0.2, -0.15) is 5.12 Å². The second-order valence-corrected chi connectivity index (χ2v) is 6.14. The van der Waals surface area contributed by atoms with Crippen molar-refractivity contribution < 1.29 is 0 Å². The molecule has 2 rings (SSSR count). The first kappa shape index (κ1) is 13.3. The first-order chi connectivity index (χ1) is 8.15. The molecule has 0 saturated heterocycles. The van der Waals surface area contributed by atoms with Crippen LogP contribution in [0, 0.1) is 11.8 Å². The number of rotatable bonds is 3. The summed E-state index contributed by atoms with van der Waals surface area (Å²) >= 11 is 0. The van der Waals surface area contributed by atoms with E-state index in [2.05, 4.69) is 0 Å². The molecule has 0 aliphatic heterocycles. The topological polar surface area (TPSA) is 81.3 Å². The van der Waals surface area contributed by atoms with Gasteiger partial charge in [0.1, 0.15) is 0 Å². The van der Waals surface area contributed by atoms with Crippen LogP contribution >= 0.6 is 0 Å². The van der Waals surface area contributed by atoms with Crippen LogP contribution in [0.3, 0.4) is 0 Å². The molecule has 0 aromatic heterocycles. The summed E-state index contributed by atoms with van der Waals surface area (Å²) in [5.41, 5.74) is 5.95. The van der Waals surface area contributed by atoms with Crippen molar-refractivity contribution in [3.63, 3.8) is 0 Å². The summed E-state index contributed by atoms with van der Waals surface area (Å²) in [5, 5.41) is 1.41. The molecule has 17 heavy (non-hydrogen) atoms. The van der Waals surface area contributed by atoms with Crippen LogP contribution in [0.2, 0.25) is 0 Å². The van der Waals surface area contributed by atoms with Gasteiger partial charge in [0.15, 0.2) is 0 Å². The molecule has 0 spiro atoms.